The molecule has 0 unspecified atom stereocenters. The molecule has 2 aromatic carbocycles. The second-order valence-electron chi connectivity index (χ2n) is 4.61. The van der Waals surface area contributed by atoms with Crippen LogP contribution in [0.25, 0.3) is 6.08 Å². The van der Waals surface area contributed by atoms with E-state index in [0.717, 1.165) is 5.56 Å². The van der Waals surface area contributed by atoms with E-state index < -0.39 is 0 Å². The molecule has 0 spiro atoms. The molecule has 2 rings (SSSR count). The van der Waals surface area contributed by atoms with E-state index in [1.165, 1.54) is 13.0 Å². The maximum absolute atomic E-state index is 11.9. The minimum absolute atomic E-state index is 0.191. The van der Waals surface area contributed by atoms with Crippen LogP contribution in [0.1, 0.15) is 12.5 Å². The first-order valence-electron chi connectivity index (χ1n) is 6.66. The van der Waals surface area contributed by atoms with Gasteiger partial charge in [0.1, 0.15) is 0 Å². The topological polar surface area (TPSA) is 58.2 Å². The molecule has 5 heteroatoms. The van der Waals surface area contributed by atoms with Gasteiger partial charge in [-0.05, 0) is 29.8 Å². The zero-order valence-electron chi connectivity index (χ0n) is 12.0. The number of amides is 2. The van der Waals surface area contributed by atoms with Gasteiger partial charge in [-0.1, -0.05) is 41.9 Å². The van der Waals surface area contributed by atoms with Crippen LogP contribution in [0.5, 0.6) is 0 Å². The quantitative estimate of drug-likeness (QED) is 0.839. The molecule has 0 heterocycles. The summed E-state index contributed by atoms with van der Waals surface area (Å²) < 4.78 is 0. The van der Waals surface area contributed by atoms with Crippen molar-refractivity contribution in [3.63, 3.8) is 0 Å². The van der Waals surface area contributed by atoms with E-state index in [1.54, 1.807) is 24.3 Å². The van der Waals surface area contributed by atoms with Gasteiger partial charge in [0.15, 0.2) is 0 Å². The molecule has 0 bridgehead atoms. The summed E-state index contributed by atoms with van der Waals surface area (Å²) in [5.41, 5.74) is 1.94. The van der Waals surface area contributed by atoms with E-state index in [1.807, 2.05) is 30.3 Å². The summed E-state index contributed by atoms with van der Waals surface area (Å²) in [6.45, 7) is 1.41. The van der Waals surface area contributed by atoms with Gasteiger partial charge in [0.05, 0.1) is 10.7 Å². The highest BCUT2D eigenvalue weighted by atomic mass is 35.5. The molecule has 2 aromatic rings. The van der Waals surface area contributed by atoms with Crippen LogP contribution in [0.2, 0.25) is 5.02 Å². The molecular weight excluding hydrogens is 300 g/mol. The van der Waals surface area contributed by atoms with Crippen molar-refractivity contribution < 1.29 is 9.59 Å². The van der Waals surface area contributed by atoms with Gasteiger partial charge in [0.25, 0.3) is 0 Å². The molecule has 112 valence electrons. The summed E-state index contributed by atoms with van der Waals surface area (Å²) in [4.78, 5) is 23.0. The zero-order valence-corrected chi connectivity index (χ0v) is 12.7. The third-order valence-corrected chi connectivity index (χ3v) is 3.10. The monoisotopic (exact) mass is 314 g/mol. The van der Waals surface area contributed by atoms with Crippen molar-refractivity contribution in [3.05, 3.63) is 65.2 Å². The number of anilines is 2. The average Bonchev–Trinajstić information content (AvgIpc) is 2.49. The van der Waals surface area contributed by atoms with Gasteiger partial charge >= 0.3 is 0 Å². The summed E-state index contributed by atoms with van der Waals surface area (Å²) in [6.07, 6.45) is 3.14. The zero-order chi connectivity index (χ0) is 15.9. The lowest BCUT2D eigenvalue weighted by Crippen LogP contribution is -2.10. The van der Waals surface area contributed by atoms with Gasteiger partial charge in [-0.3, -0.25) is 9.59 Å². The van der Waals surface area contributed by atoms with Crippen LogP contribution in [-0.4, -0.2) is 11.8 Å². The number of hydrogen-bond donors (Lipinski definition) is 2. The molecule has 0 aromatic heterocycles. The van der Waals surface area contributed by atoms with E-state index >= 15 is 0 Å². The SMILES string of the molecule is CC(=O)Nc1ccc(Cl)c(NC(=O)/C=C/c2ccccc2)c1. The van der Waals surface area contributed by atoms with E-state index in [0.29, 0.717) is 16.4 Å². The third kappa shape index (κ3) is 4.75. The van der Waals surface area contributed by atoms with E-state index in [4.69, 9.17) is 11.6 Å². The lowest BCUT2D eigenvalue weighted by Gasteiger charge is -2.08. The molecule has 2 amide bonds. The second-order valence-corrected chi connectivity index (χ2v) is 5.02. The van der Waals surface area contributed by atoms with Gasteiger partial charge in [-0.25, -0.2) is 0 Å². The largest absolute Gasteiger partial charge is 0.326 e. The van der Waals surface area contributed by atoms with Crippen LogP contribution in [0.4, 0.5) is 11.4 Å². The minimum atomic E-state index is -0.300. The normalized spacial score (nSPS) is 10.5. The molecule has 0 aliphatic rings. The smallest absolute Gasteiger partial charge is 0.248 e. The maximum atomic E-state index is 11.9. The van der Waals surface area contributed by atoms with Crippen LogP contribution < -0.4 is 10.6 Å². The molecule has 0 saturated carbocycles. The number of halogens is 1. The number of benzene rings is 2. The Balaban J connectivity index is 2.07. The van der Waals surface area contributed by atoms with E-state index in [9.17, 15) is 9.59 Å². The number of nitrogens with one attached hydrogen (secondary N) is 2. The summed E-state index contributed by atoms with van der Waals surface area (Å²) in [5, 5.41) is 5.72. The summed E-state index contributed by atoms with van der Waals surface area (Å²) in [6, 6.07) is 14.4. The molecule has 2 N–H and O–H groups in total. The fourth-order valence-electron chi connectivity index (χ4n) is 1.81. The average molecular weight is 315 g/mol. The predicted molar refractivity (Wildman–Crippen MR) is 89.9 cm³/mol. The third-order valence-electron chi connectivity index (χ3n) is 2.77. The molecule has 0 atom stereocenters. The van der Waals surface area contributed by atoms with E-state index in [2.05, 4.69) is 10.6 Å². The van der Waals surface area contributed by atoms with Crippen molar-refractivity contribution in [2.45, 2.75) is 6.92 Å². The number of carbonyl (C=O) groups excluding carboxylic acids is 2. The van der Waals surface area contributed by atoms with E-state index in [-0.39, 0.29) is 11.8 Å². The molecular formula is C17H15ClN2O2. The summed E-state index contributed by atoms with van der Waals surface area (Å²) >= 11 is 6.04. The Bertz CT molecular complexity index is 712. The maximum Gasteiger partial charge on any atom is 0.248 e. The first-order chi connectivity index (χ1) is 10.5. The molecule has 0 radical (unpaired) electrons. The summed E-state index contributed by atoms with van der Waals surface area (Å²) in [5.74, 6) is -0.491. The molecule has 0 aliphatic heterocycles. The fraction of sp³-hybridized carbons (Fsp3) is 0.0588. The lowest BCUT2D eigenvalue weighted by atomic mass is 10.2. The number of hydrogen-bond acceptors (Lipinski definition) is 2. The van der Waals surface area contributed by atoms with Crippen molar-refractivity contribution in [2.24, 2.45) is 0 Å². The van der Waals surface area contributed by atoms with Crippen LogP contribution in [0, 0.1) is 0 Å². The molecule has 0 aliphatic carbocycles. The Morgan fingerprint density at radius 1 is 1.05 bits per heavy atom. The van der Waals surface area contributed by atoms with Crippen LogP contribution in [0.15, 0.2) is 54.6 Å². The Morgan fingerprint density at radius 3 is 2.45 bits per heavy atom. The van der Waals surface area contributed by atoms with Crippen molar-refractivity contribution in [1.29, 1.82) is 0 Å². The van der Waals surface area contributed by atoms with Crippen LogP contribution >= 0.6 is 11.6 Å². The van der Waals surface area contributed by atoms with Crippen LogP contribution in [0.3, 0.4) is 0 Å². The Labute approximate surface area is 133 Å². The summed E-state index contributed by atoms with van der Waals surface area (Å²) in [7, 11) is 0. The predicted octanol–water partition coefficient (Wildman–Crippen LogP) is 3.95. The Hall–Kier alpha value is -2.59. The molecule has 0 fully saturated rings. The molecule has 4 nitrogen and oxygen atoms in total. The second kappa shape index (κ2) is 7.43. The highest BCUT2D eigenvalue weighted by molar-refractivity contribution is 6.34. The fourth-order valence-corrected chi connectivity index (χ4v) is 1.98. The van der Waals surface area contributed by atoms with Gasteiger partial charge < -0.3 is 10.6 Å². The lowest BCUT2D eigenvalue weighted by molar-refractivity contribution is -0.114. The highest BCUT2D eigenvalue weighted by Crippen LogP contribution is 2.25. The van der Waals surface area contributed by atoms with Gasteiger partial charge in [0, 0.05) is 18.7 Å². The van der Waals surface area contributed by atoms with Crippen molar-refractivity contribution in [1.82, 2.24) is 0 Å². The van der Waals surface area contributed by atoms with Crippen molar-refractivity contribution in [3.8, 4) is 0 Å². The van der Waals surface area contributed by atoms with Gasteiger partial charge in [-0.2, -0.15) is 0 Å². The van der Waals surface area contributed by atoms with Crippen LogP contribution in [-0.2, 0) is 9.59 Å². The first-order valence-corrected chi connectivity index (χ1v) is 7.03. The Kier molecular flexibility index (Phi) is 5.33. The molecule has 0 saturated heterocycles. The van der Waals surface area contributed by atoms with Crippen molar-refractivity contribution in [2.75, 3.05) is 10.6 Å². The van der Waals surface area contributed by atoms with Gasteiger partial charge in [0.2, 0.25) is 11.8 Å². The standard InChI is InChI=1S/C17H15ClN2O2/c1-12(21)19-14-8-9-15(18)16(11-14)20-17(22)10-7-13-5-3-2-4-6-13/h2-11H,1H3,(H,19,21)(H,20,22)/b10-7+. The van der Waals surface area contributed by atoms with Gasteiger partial charge in [-0.15, -0.1) is 0 Å². The number of rotatable bonds is 4. The number of carbonyl (C=O) groups is 2. The van der Waals surface area contributed by atoms with Crippen molar-refractivity contribution >= 4 is 40.9 Å². The minimum Gasteiger partial charge on any atom is -0.326 e. The molecule has 22 heavy (non-hydrogen) atoms. The Morgan fingerprint density at radius 2 is 1.77 bits per heavy atom. The highest BCUT2D eigenvalue weighted by Gasteiger charge is 2.05. The first kappa shape index (κ1) is 15.8.